The highest BCUT2D eigenvalue weighted by Crippen LogP contribution is 2.54. The predicted octanol–water partition coefficient (Wildman–Crippen LogP) is 6.94. The van der Waals surface area contributed by atoms with Gasteiger partial charge in [-0.1, -0.05) is 42.0 Å². The zero-order valence-electron chi connectivity index (χ0n) is 32.4. The summed E-state index contributed by atoms with van der Waals surface area (Å²) in [5.41, 5.74) is -0.0124. The van der Waals surface area contributed by atoms with E-state index in [2.05, 4.69) is 68.2 Å². The zero-order valence-corrected chi connectivity index (χ0v) is 35.9. The Hall–Kier alpha value is -2.38. The number of aromatic nitrogens is 3. The minimum Gasteiger partial charge on any atom is -0.471 e. The maximum atomic E-state index is 15.1. The van der Waals surface area contributed by atoms with E-state index in [1.165, 1.54) is 18.6 Å². The summed E-state index contributed by atoms with van der Waals surface area (Å²) in [5.74, 6) is -2.09. The molecule has 18 heteroatoms. The molecule has 2 fully saturated rings. The average molecular weight is 823 g/mol. The third kappa shape index (κ3) is 10.3. The lowest BCUT2D eigenvalue weighted by atomic mass is 10.1. The second-order valence-corrected chi connectivity index (χ2v) is 33.9. The minimum absolute atomic E-state index is 0.0267. The van der Waals surface area contributed by atoms with Crippen LogP contribution in [0, 0.1) is 16.4 Å². The molecule has 12 nitrogen and oxygen atoms in total. The van der Waals surface area contributed by atoms with Gasteiger partial charge in [0.05, 0.1) is 31.5 Å². The van der Waals surface area contributed by atoms with Crippen molar-refractivity contribution in [1.29, 1.82) is 4.78 Å². The Kier molecular flexibility index (Phi) is 11.8. The lowest BCUT2D eigenvalue weighted by Crippen LogP contribution is -2.47. The van der Waals surface area contributed by atoms with Crippen LogP contribution in [-0.2, 0) is 41.6 Å². The summed E-state index contributed by atoms with van der Waals surface area (Å²) in [7, 11) is -6.26. The van der Waals surface area contributed by atoms with Crippen molar-refractivity contribution >= 4 is 55.8 Å². The second kappa shape index (κ2) is 14.9. The van der Waals surface area contributed by atoms with Gasteiger partial charge < -0.3 is 28.1 Å². The number of imidazole rings is 1. The molecular weight excluding hydrogens is 768 g/mol. The van der Waals surface area contributed by atoms with E-state index < -0.39 is 62.9 Å². The molecule has 1 aromatic carbocycles. The molecule has 298 valence electrons. The average Bonchev–Trinajstić information content (AvgIpc) is 3.67. The van der Waals surface area contributed by atoms with Crippen molar-refractivity contribution in [1.82, 2.24) is 14.5 Å². The number of hydrogen-bond acceptors (Lipinski definition) is 10. The van der Waals surface area contributed by atoms with Crippen molar-refractivity contribution in [2.45, 2.75) is 76.7 Å². The molecule has 5 rings (SSSR count). The molecule has 2 aliphatic rings. The first-order chi connectivity index (χ1) is 24.3. The summed E-state index contributed by atoms with van der Waals surface area (Å²) in [6, 6.07) is 3.50. The van der Waals surface area contributed by atoms with E-state index in [-0.39, 0.29) is 59.2 Å². The van der Waals surface area contributed by atoms with Crippen LogP contribution in [0.1, 0.15) is 36.7 Å². The molecule has 0 unspecified atom stereocenters. The number of carbonyl (C=O) groups is 1. The van der Waals surface area contributed by atoms with Crippen LogP contribution in [0.3, 0.4) is 0 Å². The Labute approximate surface area is 317 Å². The maximum Gasteiger partial charge on any atom is 0.301 e. The number of carbonyl (C=O) groups excluding carboxylic acids is 1. The summed E-state index contributed by atoms with van der Waals surface area (Å²) < 4.78 is 80.9. The molecule has 4 heterocycles. The number of nitrogens with zero attached hydrogens (tertiary/aromatic N) is 4. The van der Waals surface area contributed by atoms with Crippen LogP contribution in [0.15, 0.2) is 22.6 Å². The van der Waals surface area contributed by atoms with Crippen LogP contribution in [-0.4, -0.2) is 116 Å². The van der Waals surface area contributed by atoms with Crippen molar-refractivity contribution in [3.05, 3.63) is 46.0 Å². The minimum atomic E-state index is -2.33. The van der Waals surface area contributed by atoms with Gasteiger partial charge in [-0.05, 0) is 67.1 Å². The van der Waals surface area contributed by atoms with Crippen LogP contribution in [0.25, 0.3) is 11.2 Å². The maximum absolute atomic E-state index is 15.1. The van der Waals surface area contributed by atoms with Crippen molar-refractivity contribution in [3.8, 4) is 11.9 Å². The summed E-state index contributed by atoms with van der Waals surface area (Å²) in [5, 5.41) is 0.0841. The summed E-state index contributed by atoms with van der Waals surface area (Å²) in [6.07, 6.45) is 10.7. The smallest absolute Gasteiger partial charge is 0.301 e. The predicted molar refractivity (Wildman–Crippen MR) is 211 cm³/mol. The monoisotopic (exact) mass is 821 g/mol. The van der Waals surface area contributed by atoms with Gasteiger partial charge >= 0.3 is 6.01 Å². The molecule has 53 heavy (non-hydrogen) atoms. The summed E-state index contributed by atoms with van der Waals surface area (Å²) >= 11 is 6.56. The standard InChI is InChI=1S/C35H54ClF2N5O7S2Si/c1-35(2,3)53(10,11)50-28-19-47-29-27(18-46-30(28)29)49-34-40-26-16-23(36)33(41-31(26)43(34)20-45-12-13-52(6,7,8)9)48-17-22-24(37)14-21(15-25(22)38)32(44)42-51(4,5)39/h14-16,27-30,39,52H,12-13,17-20H2,1-11H3/t27-,28-,29-,30-/m1/s1. The first-order valence-corrected chi connectivity index (χ1v) is 27.3. The van der Waals surface area contributed by atoms with Gasteiger partial charge in [-0.15, -0.1) is 0 Å². The zero-order chi connectivity index (χ0) is 39.3. The van der Waals surface area contributed by atoms with E-state index in [1.807, 2.05) is 0 Å². The number of nitrogens with one attached hydrogen (secondary N) is 1. The largest absolute Gasteiger partial charge is 0.471 e. The Morgan fingerprint density at radius 2 is 1.68 bits per heavy atom. The van der Waals surface area contributed by atoms with E-state index in [1.54, 1.807) is 4.57 Å². The number of thiol groups is 1. The lowest BCUT2D eigenvalue weighted by molar-refractivity contribution is 0.00695. The van der Waals surface area contributed by atoms with E-state index in [9.17, 15) is 4.79 Å². The van der Waals surface area contributed by atoms with E-state index in [0.717, 1.165) is 17.9 Å². The van der Waals surface area contributed by atoms with Gasteiger partial charge in [-0.3, -0.25) is 23.3 Å². The van der Waals surface area contributed by atoms with Crippen LogP contribution in [0.4, 0.5) is 8.78 Å². The highest BCUT2D eigenvalue weighted by Gasteiger charge is 2.52. The number of ether oxygens (including phenoxy) is 5. The van der Waals surface area contributed by atoms with Crippen LogP contribution < -0.4 is 9.47 Å². The Morgan fingerprint density at radius 1 is 1.08 bits per heavy atom. The first kappa shape index (κ1) is 41.8. The van der Waals surface area contributed by atoms with Crippen LogP contribution in [0.5, 0.6) is 11.9 Å². The molecule has 4 atom stereocenters. The molecule has 2 aliphatic heterocycles. The number of pyridine rings is 1. The number of halogens is 3. The molecule has 0 saturated carbocycles. The van der Waals surface area contributed by atoms with Gasteiger partial charge in [0.1, 0.15) is 47.7 Å². The van der Waals surface area contributed by atoms with Crippen molar-refractivity contribution < 1.29 is 41.7 Å². The number of benzene rings is 1. The highest BCUT2D eigenvalue weighted by molar-refractivity contribution is 8.47. The van der Waals surface area contributed by atoms with E-state index in [4.69, 9.17) is 49.5 Å². The van der Waals surface area contributed by atoms with Crippen LogP contribution in [0.2, 0.25) is 23.2 Å². The third-order valence-electron chi connectivity index (χ3n) is 9.48. The quantitative estimate of drug-likeness (QED) is 0.107. The van der Waals surface area contributed by atoms with Gasteiger partial charge in [0.2, 0.25) is 5.88 Å². The molecule has 3 aromatic rings. The number of fused-ring (bicyclic) bond motifs is 2. The van der Waals surface area contributed by atoms with E-state index in [0.29, 0.717) is 24.4 Å². The van der Waals surface area contributed by atoms with Gasteiger partial charge in [-0.25, -0.2) is 8.78 Å². The molecule has 0 aliphatic carbocycles. The normalized spacial score (nSPS) is 21.7. The topological polar surface area (TPSA) is 139 Å². The Morgan fingerprint density at radius 3 is 2.26 bits per heavy atom. The third-order valence-corrected chi connectivity index (χ3v) is 16.9. The number of rotatable bonds is 13. The molecule has 0 spiro atoms. The molecule has 2 saturated heterocycles. The number of amides is 1. The van der Waals surface area contributed by atoms with Gasteiger partial charge in [0.15, 0.2) is 20.1 Å². The molecule has 0 bridgehead atoms. The molecular formula is C35H54ClF2N5O7S2Si. The SMILES string of the molecule is CC(C)(C)[Si](C)(C)O[C@@H]1CO[C@H]2[C@@H]1OC[C@H]2Oc1nc2cc(Cl)c(OCc3c(F)cc(C(=O)N=S(C)(C)=N)cc3F)nc2n1COCC[SH](C)(C)(C)C. The van der Waals surface area contributed by atoms with Gasteiger partial charge in [-0.2, -0.15) is 14.3 Å². The van der Waals surface area contributed by atoms with Gasteiger partial charge in [0.25, 0.3) is 5.91 Å². The van der Waals surface area contributed by atoms with Gasteiger partial charge in [0, 0.05) is 18.1 Å². The van der Waals surface area contributed by atoms with Crippen molar-refractivity contribution in [2.75, 3.05) is 63.1 Å². The molecule has 1 amide bonds. The first-order valence-electron chi connectivity index (χ1n) is 17.4. The van der Waals surface area contributed by atoms with Crippen molar-refractivity contribution in [3.63, 3.8) is 0 Å². The Bertz CT molecular complexity index is 1970. The molecule has 0 radical (unpaired) electrons. The highest BCUT2D eigenvalue weighted by atomic mass is 35.5. The Balaban J connectivity index is 1.39. The fraction of sp³-hybridized carbons (Fsp3) is 0.629. The van der Waals surface area contributed by atoms with Crippen LogP contribution >= 0.6 is 20.8 Å². The lowest BCUT2D eigenvalue weighted by Gasteiger charge is -2.46. The summed E-state index contributed by atoms with van der Waals surface area (Å²) in [6.45, 7) is 11.6. The number of hydrogen-bond donors (Lipinski definition) is 2. The fourth-order valence-electron chi connectivity index (χ4n) is 5.47. The van der Waals surface area contributed by atoms with Crippen molar-refractivity contribution in [2.24, 2.45) is 4.36 Å². The molecule has 1 N–H and O–H groups in total. The molecule has 2 aromatic heterocycles. The second-order valence-electron chi connectivity index (χ2n) is 17.7. The van der Waals surface area contributed by atoms with E-state index >= 15 is 8.78 Å². The fourth-order valence-corrected chi connectivity index (χ4v) is 8.36. The summed E-state index contributed by atoms with van der Waals surface area (Å²) in [4.78, 5) is 21.7.